The van der Waals surface area contributed by atoms with E-state index < -0.39 is 5.72 Å². The Labute approximate surface area is 164 Å². The summed E-state index contributed by atoms with van der Waals surface area (Å²) in [6, 6.07) is 0. The topological polar surface area (TPSA) is 52.9 Å². The van der Waals surface area contributed by atoms with E-state index in [4.69, 9.17) is 4.74 Å². The summed E-state index contributed by atoms with van der Waals surface area (Å²) < 4.78 is 6.28. The largest absolute Gasteiger partial charge is 0.393 e. The quantitative estimate of drug-likeness (QED) is 0.648. The highest BCUT2D eigenvalue weighted by atomic mass is 16.6. The molecule has 1 aliphatic heterocycles. The lowest BCUT2D eigenvalue weighted by Crippen LogP contribution is -2.60. The van der Waals surface area contributed by atoms with Crippen LogP contribution in [-0.4, -0.2) is 39.4 Å². The molecule has 5 aliphatic rings. The van der Waals surface area contributed by atoms with Crippen LogP contribution in [0.1, 0.15) is 85.5 Å². The van der Waals surface area contributed by atoms with Gasteiger partial charge in [-0.1, -0.05) is 13.8 Å². The zero-order chi connectivity index (χ0) is 19.2. The smallest absolute Gasteiger partial charge is 0.144 e. The van der Waals surface area contributed by atoms with Crippen LogP contribution < -0.4 is 0 Å². The van der Waals surface area contributed by atoms with E-state index in [0.29, 0.717) is 17.9 Å². The van der Waals surface area contributed by atoms with Crippen molar-refractivity contribution in [2.75, 3.05) is 6.61 Å². The molecule has 0 unspecified atom stereocenters. The number of aliphatic hydroxyl groups is 1. The van der Waals surface area contributed by atoms with E-state index in [2.05, 4.69) is 27.7 Å². The monoisotopic (exact) mass is 377 g/mol. The van der Waals surface area contributed by atoms with Crippen LogP contribution in [0.3, 0.4) is 0 Å². The number of nitrogens with zero attached hydrogens (tertiary/aromatic N) is 1. The highest BCUT2D eigenvalue weighted by molar-refractivity contribution is 5.11. The Hall–Kier alpha value is -0.160. The zero-order valence-corrected chi connectivity index (χ0v) is 17.7. The molecule has 0 amide bonds. The Balaban J connectivity index is 1.40. The van der Waals surface area contributed by atoms with Gasteiger partial charge in [-0.05, 0) is 106 Å². The molecule has 0 aromatic carbocycles. The second-order valence-corrected chi connectivity index (χ2v) is 11.9. The second kappa shape index (κ2) is 5.71. The summed E-state index contributed by atoms with van der Waals surface area (Å²) in [5.41, 5.74) is -0.189. The summed E-state index contributed by atoms with van der Waals surface area (Å²) in [7, 11) is 0. The number of hydrogen-bond donors (Lipinski definition) is 2. The fourth-order valence-electron chi connectivity index (χ4n) is 8.49. The highest BCUT2D eigenvalue weighted by Crippen LogP contribution is 2.67. The minimum absolute atomic E-state index is 0.0827. The number of hydroxylamine groups is 2. The molecule has 5 rings (SSSR count). The van der Waals surface area contributed by atoms with Crippen molar-refractivity contribution >= 4 is 0 Å². The van der Waals surface area contributed by atoms with E-state index in [9.17, 15) is 10.3 Å². The van der Waals surface area contributed by atoms with Crippen LogP contribution >= 0.6 is 0 Å². The van der Waals surface area contributed by atoms with Gasteiger partial charge in [0.1, 0.15) is 5.72 Å². The third-order valence-electron chi connectivity index (χ3n) is 10.3. The van der Waals surface area contributed by atoms with Gasteiger partial charge in [-0.15, -0.1) is 0 Å². The van der Waals surface area contributed by atoms with Crippen LogP contribution in [-0.2, 0) is 4.74 Å². The molecule has 4 saturated carbocycles. The summed E-state index contributed by atoms with van der Waals surface area (Å²) in [4.78, 5) is 0. The summed E-state index contributed by atoms with van der Waals surface area (Å²) >= 11 is 0. The number of fused-ring (bicyclic) bond motifs is 5. The van der Waals surface area contributed by atoms with E-state index in [-0.39, 0.29) is 17.1 Å². The van der Waals surface area contributed by atoms with Crippen LogP contribution in [0.25, 0.3) is 0 Å². The average Bonchev–Trinajstić information content (AvgIpc) is 3.05. The summed E-state index contributed by atoms with van der Waals surface area (Å²) in [5.74, 6) is 2.95. The first-order chi connectivity index (χ1) is 12.6. The second-order valence-electron chi connectivity index (χ2n) is 11.9. The Kier molecular flexibility index (Phi) is 3.99. The number of aliphatic hydroxyl groups excluding tert-OH is 1. The lowest BCUT2D eigenvalue weighted by atomic mass is 9.44. The zero-order valence-electron chi connectivity index (χ0n) is 17.7. The van der Waals surface area contributed by atoms with Crippen LogP contribution in [0.5, 0.6) is 0 Å². The van der Waals surface area contributed by atoms with Gasteiger partial charge < -0.3 is 15.1 Å². The fraction of sp³-hybridized carbons (Fsp3) is 1.00. The molecule has 0 radical (unpaired) electrons. The summed E-state index contributed by atoms with van der Waals surface area (Å²) in [6.07, 6.45) is 10.3. The Morgan fingerprint density at radius 3 is 2.30 bits per heavy atom. The predicted octanol–water partition coefficient (Wildman–Crippen LogP) is 4.59. The van der Waals surface area contributed by atoms with Gasteiger partial charge in [-0.2, -0.15) is 5.06 Å². The third-order valence-corrected chi connectivity index (χ3v) is 10.3. The standard InChI is InChI=1S/C23H39NO3/c1-20(2)14-27-23(24(20)26)12-11-21(3)15(13-23)5-6-16-17-7-8-19(25)22(17,4)10-9-18(16)21/h15-19,25-26H,5-14H2,1-4H3/t15-,16+,17+,18+,19+,21-,22-,23-/m0/s1. The maximum absolute atomic E-state index is 10.9. The predicted molar refractivity (Wildman–Crippen MR) is 104 cm³/mol. The minimum atomic E-state index is -0.451. The van der Waals surface area contributed by atoms with E-state index in [1.165, 1.54) is 32.1 Å². The lowest BCUT2D eigenvalue weighted by Gasteiger charge is -2.62. The van der Waals surface area contributed by atoms with Crippen LogP contribution in [0.2, 0.25) is 0 Å². The molecule has 1 heterocycles. The van der Waals surface area contributed by atoms with Crippen molar-refractivity contribution < 1.29 is 15.1 Å². The van der Waals surface area contributed by atoms with Crippen molar-refractivity contribution in [2.45, 2.75) is 103 Å². The van der Waals surface area contributed by atoms with Crippen LogP contribution in [0, 0.1) is 34.5 Å². The van der Waals surface area contributed by atoms with Crippen molar-refractivity contribution in [1.29, 1.82) is 0 Å². The van der Waals surface area contributed by atoms with Crippen molar-refractivity contribution in [3.8, 4) is 0 Å². The normalized spacial score (nSPS) is 57.3. The van der Waals surface area contributed by atoms with Crippen molar-refractivity contribution in [3.63, 3.8) is 0 Å². The Bertz CT molecular complexity index is 623. The highest BCUT2D eigenvalue weighted by Gasteiger charge is 2.64. The molecule has 4 heteroatoms. The SMILES string of the molecule is CC1(C)CO[C@]2(CC[C@@]3(C)[C@@H](CC[C@H]4[C@H]3CC[C@]3(C)[C@H](O)CC[C@H]43)C2)N1O. The first-order valence-electron chi connectivity index (χ1n) is 11.4. The van der Waals surface area contributed by atoms with Crippen molar-refractivity contribution in [1.82, 2.24) is 5.06 Å². The molecule has 4 aliphatic carbocycles. The minimum Gasteiger partial charge on any atom is -0.393 e. The molecule has 1 spiro atoms. The Morgan fingerprint density at radius 1 is 0.852 bits per heavy atom. The van der Waals surface area contributed by atoms with E-state index >= 15 is 0 Å². The average molecular weight is 378 g/mol. The van der Waals surface area contributed by atoms with E-state index in [0.717, 1.165) is 43.4 Å². The van der Waals surface area contributed by atoms with Gasteiger partial charge in [-0.25, -0.2) is 0 Å². The molecular formula is C23H39NO3. The molecule has 1 saturated heterocycles. The molecule has 5 fully saturated rings. The van der Waals surface area contributed by atoms with Crippen molar-refractivity contribution in [3.05, 3.63) is 0 Å². The van der Waals surface area contributed by atoms with E-state index in [1.54, 1.807) is 5.06 Å². The maximum Gasteiger partial charge on any atom is 0.144 e. The molecule has 0 aromatic heterocycles. The van der Waals surface area contributed by atoms with Gasteiger partial charge in [0.25, 0.3) is 0 Å². The molecule has 0 aromatic rings. The summed E-state index contributed by atoms with van der Waals surface area (Å²) in [6.45, 7) is 9.71. The van der Waals surface area contributed by atoms with Crippen LogP contribution in [0.4, 0.5) is 0 Å². The Morgan fingerprint density at radius 2 is 1.59 bits per heavy atom. The first-order valence-corrected chi connectivity index (χ1v) is 11.4. The maximum atomic E-state index is 10.9. The lowest BCUT2D eigenvalue weighted by molar-refractivity contribution is -0.283. The molecule has 154 valence electrons. The number of hydrogen-bond acceptors (Lipinski definition) is 4. The molecule has 0 bridgehead atoms. The number of ether oxygens (including phenoxy) is 1. The number of rotatable bonds is 0. The van der Waals surface area contributed by atoms with Crippen molar-refractivity contribution in [2.24, 2.45) is 34.5 Å². The van der Waals surface area contributed by atoms with Gasteiger partial charge in [0.2, 0.25) is 0 Å². The fourth-order valence-corrected chi connectivity index (χ4v) is 8.49. The van der Waals surface area contributed by atoms with Crippen LogP contribution in [0.15, 0.2) is 0 Å². The molecule has 4 nitrogen and oxygen atoms in total. The molecular weight excluding hydrogens is 338 g/mol. The van der Waals surface area contributed by atoms with Gasteiger partial charge in [0.15, 0.2) is 0 Å². The van der Waals surface area contributed by atoms with Gasteiger partial charge in [-0.3, -0.25) is 0 Å². The van der Waals surface area contributed by atoms with Gasteiger partial charge in [0.05, 0.1) is 18.2 Å². The first kappa shape index (κ1) is 18.8. The molecule has 2 N–H and O–H groups in total. The molecule has 8 atom stereocenters. The third kappa shape index (κ3) is 2.36. The van der Waals surface area contributed by atoms with Gasteiger partial charge >= 0.3 is 0 Å². The molecule has 27 heavy (non-hydrogen) atoms. The van der Waals surface area contributed by atoms with Gasteiger partial charge in [0, 0.05) is 0 Å². The summed E-state index contributed by atoms with van der Waals surface area (Å²) in [5, 5.41) is 23.1. The van der Waals surface area contributed by atoms with E-state index in [1.807, 2.05) is 0 Å².